The van der Waals surface area contributed by atoms with Crippen molar-refractivity contribution in [3.05, 3.63) is 29.8 Å². The van der Waals surface area contributed by atoms with Crippen LogP contribution in [0.2, 0.25) is 0 Å². The highest BCUT2D eigenvalue weighted by atomic mass is 16.6. The molecule has 1 heterocycles. The van der Waals surface area contributed by atoms with Crippen LogP contribution in [0.3, 0.4) is 0 Å². The molecule has 0 radical (unpaired) electrons. The van der Waals surface area contributed by atoms with Crippen LogP contribution in [0.5, 0.6) is 0 Å². The van der Waals surface area contributed by atoms with Crippen molar-refractivity contribution in [3.63, 3.8) is 0 Å². The summed E-state index contributed by atoms with van der Waals surface area (Å²) < 4.78 is 5.11. The molecular formula is C15H21NO6. The molecule has 1 aromatic rings. The second-order valence-corrected chi connectivity index (χ2v) is 5.44. The minimum absolute atomic E-state index is 0.412. The van der Waals surface area contributed by atoms with Crippen molar-refractivity contribution in [3.8, 4) is 0 Å². The summed E-state index contributed by atoms with van der Waals surface area (Å²) in [5, 5.41) is 39.4. The van der Waals surface area contributed by atoms with E-state index < -0.39 is 43.2 Å². The van der Waals surface area contributed by atoms with Gasteiger partial charge in [-0.05, 0) is 19.1 Å². The quantitative estimate of drug-likeness (QED) is 0.579. The molecule has 5 atom stereocenters. The molecule has 1 aromatic carbocycles. The zero-order valence-electron chi connectivity index (χ0n) is 12.5. The van der Waals surface area contributed by atoms with Crippen LogP contribution in [0.15, 0.2) is 24.3 Å². The highest BCUT2D eigenvalue weighted by Crippen LogP contribution is 2.28. The minimum atomic E-state index is -1.53. The average molecular weight is 311 g/mol. The summed E-state index contributed by atoms with van der Waals surface area (Å²) in [4.78, 5) is 13.2. The van der Waals surface area contributed by atoms with Crippen LogP contribution < -0.4 is 4.90 Å². The van der Waals surface area contributed by atoms with Gasteiger partial charge in [0.05, 0.1) is 6.61 Å². The topological polar surface area (TPSA) is 110 Å². The molecule has 1 aliphatic rings. The predicted octanol–water partition coefficient (Wildman–Crippen LogP) is -0.852. The Morgan fingerprint density at radius 3 is 2.27 bits per heavy atom. The summed E-state index contributed by atoms with van der Waals surface area (Å²) in [6.07, 6.45) is -5.49. The molecule has 1 amide bonds. The number of aliphatic hydroxyl groups is 4. The van der Waals surface area contributed by atoms with Gasteiger partial charge in [0.15, 0.2) is 6.29 Å². The van der Waals surface area contributed by atoms with Crippen molar-refractivity contribution in [1.29, 1.82) is 0 Å². The fourth-order valence-corrected chi connectivity index (χ4v) is 2.63. The van der Waals surface area contributed by atoms with E-state index in [0.717, 1.165) is 5.56 Å². The fourth-order valence-electron chi connectivity index (χ4n) is 2.63. The Kier molecular flexibility index (Phi) is 5.15. The van der Waals surface area contributed by atoms with Gasteiger partial charge in [-0.3, -0.25) is 4.79 Å². The van der Waals surface area contributed by atoms with Crippen molar-refractivity contribution >= 4 is 11.6 Å². The first-order valence-corrected chi connectivity index (χ1v) is 7.03. The monoisotopic (exact) mass is 311 g/mol. The molecule has 1 aliphatic heterocycles. The molecule has 2 rings (SSSR count). The number of amides is 1. The second-order valence-electron chi connectivity index (χ2n) is 5.44. The number of nitrogens with zero attached hydrogens (tertiary/aromatic N) is 1. The first kappa shape index (κ1) is 16.9. The Morgan fingerprint density at radius 2 is 1.77 bits per heavy atom. The number of carbonyl (C=O) groups excluding carboxylic acids is 1. The smallest absolute Gasteiger partial charge is 0.224 e. The number of anilines is 1. The highest BCUT2D eigenvalue weighted by molar-refractivity contribution is 5.92. The van der Waals surface area contributed by atoms with E-state index in [-0.39, 0.29) is 0 Å². The van der Waals surface area contributed by atoms with Crippen molar-refractivity contribution in [2.24, 2.45) is 0 Å². The molecule has 0 aliphatic carbocycles. The maximum atomic E-state index is 12.0. The van der Waals surface area contributed by atoms with Crippen molar-refractivity contribution in [2.45, 2.75) is 44.5 Å². The van der Waals surface area contributed by atoms with Gasteiger partial charge in [-0.2, -0.15) is 0 Å². The summed E-state index contributed by atoms with van der Waals surface area (Å²) in [6.45, 7) is 2.64. The predicted molar refractivity (Wildman–Crippen MR) is 78.1 cm³/mol. The van der Waals surface area contributed by atoms with Crippen LogP contribution in [-0.2, 0) is 9.53 Å². The standard InChI is InChI=1S/C15H21NO6/c1-8-3-5-10(6-4-8)16(9(2)18)12-14(20)13(19)11(7-17)22-15(12)21/h3-6,11-15,17,19-21H,7H2,1-2H3/t11-,12-,13-,14-,15-/m1/s1. The Balaban J connectivity index is 2.35. The van der Waals surface area contributed by atoms with Gasteiger partial charge in [-0.1, -0.05) is 17.7 Å². The fraction of sp³-hybridized carbons (Fsp3) is 0.533. The number of hydrogen-bond acceptors (Lipinski definition) is 6. The van der Waals surface area contributed by atoms with E-state index >= 15 is 0 Å². The van der Waals surface area contributed by atoms with Gasteiger partial charge in [0.2, 0.25) is 5.91 Å². The van der Waals surface area contributed by atoms with Crippen LogP contribution in [0, 0.1) is 6.92 Å². The molecule has 7 heteroatoms. The molecule has 0 spiro atoms. The van der Waals surface area contributed by atoms with Gasteiger partial charge in [-0.25, -0.2) is 0 Å². The summed E-state index contributed by atoms with van der Waals surface area (Å²) in [6, 6.07) is 5.78. The van der Waals surface area contributed by atoms with Gasteiger partial charge in [0, 0.05) is 12.6 Å². The van der Waals surface area contributed by atoms with Gasteiger partial charge in [0.1, 0.15) is 24.4 Å². The Hall–Kier alpha value is -1.51. The Labute approximate surface area is 128 Å². The number of aliphatic hydroxyl groups excluding tert-OH is 4. The molecule has 22 heavy (non-hydrogen) atoms. The van der Waals surface area contributed by atoms with E-state index in [9.17, 15) is 20.1 Å². The van der Waals surface area contributed by atoms with Crippen LogP contribution in [-0.4, -0.2) is 63.6 Å². The number of ether oxygens (including phenoxy) is 1. The third-order valence-electron chi connectivity index (χ3n) is 3.82. The van der Waals surface area contributed by atoms with Gasteiger partial charge >= 0.3 is 0 Å². The summed E-state index contributed by atoms with van der Waals surface area (Å²) in [5.74, 6) is -0.412. The third-order valence-corrected chi connectivity index (χ3v) is 3.82. The van der Waals surface area contributed by atoms with E-state index in [4.69, 9.17) is 9.84 Å². The first-order valence-electron chi connectivity index (χ1n) is 7.03. The largest absolute Gasteiger partial charge is 0.394 e. The summed E-state index contributed by atoms with van der Waals surface area (Å²) >= 11 is 0. The zero-order valence-corrected chi connectivity index (χ0v) is 12.5. The van der Waals surface area contributed by atoms with Gasteiger partial charge in [0.25, 0.3) is 0 Å². The lowest BCUT2D eigenvalue weighted by molar-refractivity contribution is -0.249. The lowest BCUT2D eigenvalue weighted by Gasteiger charge is -2.44. The molecule has 1 fully saturated rings. The first-order chi connectivity index (χ1) is 10.4. The minimum Gasteiger partial charge on any atom is -0.394 e. The number of carbonyl (C=O) groups is 1. The maximum Gasteiger partial charge on any atom is 0.224 e. The lowest BCUT2D eigenvalue weighted by Crippen LogP contribution is -2.65. The van der Waals surface area contributed by atoms with Crippen LogP contribution in [0.1, 0.15) is 12.5 Å². The van der Waals surface area contributed by atoms with Crippen LogP contribution >= 0.6 is 0 Å². The Bertz CT molecular complexity index is 519. The normalized spacial score (nSPS) is 31.8. The van der Waals surface area contributed by atoms with Gasteiger partial charge < -0.3 is 30.1 Å². The van der Waals surface area contributed by atoms with Gasteiger partial charge in [-0.15, -0.1) is 0 Å². The average Bonchev–Trinajstić information content (AvgIpc) is 2.48. The molecular weight excluding hydrogens is 290 g/mol. The molecule has 4 N–H and O–H groups in total. The second kappa shape index (κ2) is 6.72. The number of benzene rings is 1. The summed E-state index contributed by atoms with van der Waals surface area (Å²) in [5.41, 5.74) is 1.47. The van der Waals surface area contributed by atoms with Crippen molar-refractivity contribution in [1.82, 2.24) is 0 Å². The van der Waals surface area contributed by atoms with Crippen LogP contribution in [0.4, 0.5) is 5.69 Å². The maximum absolute atomic E-state index is 12.0. The van der Waals surface area contributed by atoms with Crippen LogP contribution in [0.25, 0.3) is 0 Å². The van der Waals surface area contributed by atoms with E-state index in [1.54, 1.807) is 24.3 Å². The number of rotatable bonds is 3. The molecule has 1 saturated heterocycles. The van der Waals surface area contributed by atoms with E-state index in [1.807, 2.05) is 6.92 Å². The lowest BCUT2D eigenvalue weighted by atomic mass is 9.95. The van der Waals surface area contributed by atoms with E-state index in [0.29, 0.717) is 5.69 Å². The molecule has 0 bridgehead atoms. The van der Waals surface area contributed by atoms with E-state index in [1.165, 1.54) is 11.8 Å². The molecule has 0 unspecified atom stereocenters. The molecule has 122 valence electrons. The van der Waals surface area contributed by atoms with E-state index in [2.05, 4.69) is 0 Å². The summed E-state index contributed by atoms with van der Waals surface area (Å²) in [7, 11) is 0. The third kappa shape index (κ3) is 3.13. The highest BCUT2D eigenvalue weighted by Gasteiger charge is 2.47. The number of hydrogen-bond donors (Lipinski definition) is 4. The Morgan fingerprint density at radius 1 is 1.18 bits per heavy atom. The zero-order chi connectivity index (χ0) is 16.4. The SMILES string of the molecule is CC(=O)N(c1ccc(C)cc1)[C@@H]1[C@@H](O)[C@H](O)[C@@H](CO)O[C@H]1O. The van der Waals surface area contributed by atoms with Crippen molar-refractivity contribution in [2.75, 3.05) is 11.5 Å². The molecule has 0 saturated carbocycles. The van der Waals surface area contributed by atoms with Crippen molar-refractivity contribution < 1.29 is 30.0 Å². The number of aryl methyl sites for hydroxylation is 1. The molecule has 0 aromatic heterocycles. The molecule has 7 nitrogen and oxygen atoms in total.